The van der Waals surface area contributed by atoms with Crippen molar-refractivity contribution in [3.05, 3.63) is 34.9 Å². The molecule has 1 aromatic carbocycles. The van der Waals surface area contributed by atoms with E-state index in [9.17, 15) is 30.4 Å². The number of hydrogen-bond acceptors (Lipinski definition) is 6. The highest BCUT2D eigenvalue weighted by molar-refractivity contribution is 7.89. The molecule has 0 fully saturated rings. The number of carbonyl (C=O) groups is 1. The predicted octanol–water partition coefficient (Wildman–Crippen LogP) is 0.852. The second kappa shape index (κ2) is 8.84. The molecule has 0 aliphatic rings. The number of hydrogen-bond donors (Lipinski definition) is 2. The van der Waals surface area contributed by atoms with Gasteiger partial charge in [0, 0.05) is 11.1 Å². The molecule has 1 rings (SSSR count). The molecule has 148 valence electrons. The Morgan fingerprint density at radius 1 is 1.00 bits per heavy atom. The first-order valence-electron chi connectivity index (χ1n) is 7.36. The van der Waals surface area contributed by atoms with E-state index >= 15 is 0 Å². The van der Waals surface area contributed by atoms with Crippen LogP contribution in [0.5, 0.6) is 0 Å². The Morgan fingerprint density at radius 3 is 1.69 bits per heavy atom. The average Bonchev–Trinajstić information content (AvgIpc) is 2.54. The predicted molar refractivity (Wildman–Crippen MR) is 90.7 cm³/mol. The van der Waals surface area contributed by atoms with Crippen LogP contribution in [0.1, 0.15) is 46.7 Å². The number of methoxy groups -OCH3 is 1. The van der Waals surface area contributed by atoms with E-state index < -0.39 is 68.3 Å². The van der Waals surface area contributed by atoms with Crippen molar-refractivity contribution in [2.24, 2.45) is 10.3 Å². The Balaban J connectivity index is 3.25. The second-order valence-electron chi connectivity index (χ2n) is 5.55. The van der Waals surface area contributed by atoms with Crippen LogP contribution in [-0.2, 0) is 24.8 Å². The summed E-state index contributed by atoms with van der Waals surface area (Å²) < 4.78 is 77.4. The van der Waals surface area contributed by atoms with Gasteiger partial charge < -0.3 is 4.74 Å². The molecule has 0 aliphatic carbocycles. The first-order valence-corrected chi connectivity index (χ1v) is 10.8. The molecule has 26 heavy (non-hydrogen) atoms. The fraction of sp³-hybridized carbons (Fsp3) is 0.500. The Kier molecular flexibility index (Phi) is 7.62. The SMILES string of the molecule is COC(=O)c1c(C(F)CCS(N)(=O)=O)cccc1C(F)CCS(N)(=O)=O. The van der Waals surface area contributed by atoms with Crippen LogP contribution in [0.2, 0.25) is 0 Å². The summed E-state index contributed by atoms with van der Waals surface area (Å²) in [6, 6.07) is 3.65. The summed E-state index contributed by atoms with van der Waals surface area (Å²) >= 11 is 0. The van der Waals surface area contributed by atoms with Crippen molar-refractivity contribution in [3.8, 4) is 0 Å². The monoisotopic (exact) mass is 414 g/mol. The molecule has 0 radical (unpaired) electrons. The maximum Gasteiger partial charge on any atom is 0.338 e. The number of alkyl halides is 2. The lowest BCUT2D eigenvalue weighted by molar-refractivity contribution is 0.0593. The van der Waals surface area contributed by atoms with Gasteiger partial charge in [0.25, 0.3) is 0 Å². The van der Waals surface area contributed by atoms with Gasteiger partial charge in [-0.05, 0) is 12.8 Å². The number of nitrogens with two attached hydrogens (primary N) is 2. The highest BCUT2D eigenvalue weighted by Gasteiger charge is 2.27. The van der Waals surface area contributed by atoms with Crippen molar-refractivity contribution in [1.82, 2.24) is 0 Å². The summed E-state index contributed by atoms with van der Waals surface area (Å²) in [7, 11) is -6.84. The molecule has 2 unspecified atom stereocenters. The summed E-state index contributed by atoms with van der Waals surface area (Å²) in [6.45, 7) is 0. The summed E-state index contributed by atoms with van der Waals surface area (Å²) in [4.78, 5) is 12.0. The second-order valence-corrected chi connectivity index (χ2v) is 9.02. The third kappa shape index (κ3) is 6.94. The van der Waals surface area contributed by atoms with Gasteiger partial charge >= 0.3 is 5.97 Å². The first kappa shape index (κ1) is 22.4. The van der Waals surface area contributed by atoms with Crippen LogP contribution in [-0.4, -0.2) is 41.4 Å². The molecule has 1 aromatic rings. The number of benzene rings is 1. The number of carbonyl (C=O) groups excluding carboxylic acids is 1. The van der Waals surface area contributed by atoms with Crippen molar-refractivity contribution in [2.75, 3.05) is 18.6 Å². The minimum Gasteiger partial charge on any atom is -0.465 e. The van der Waals surface area contributed by atoms with Crippen LogP contribution in [0.25, 0.3) is 0 Å². The number of rotatable bonds is 9. The molecule has 4 N–H and O–H groups in total. The first-order chi connectivity index (χ1) is 11.9. The summed E-state index contributed by atoms with van der Waals surface area (Å²) in [5, 5.41) is 9.66. The zero-order valence-corrected chi connectivity index (χ0v) is 15.5. The third-order valence-electron chi connectivity index (χ3n) is 3.50. The van der Waals surface area contributed by atoms with Gasteiger partial charge in [0.2, 0.25) is 20.0 Å². The van der Waals surface area contributed by atoms with Gasteiger partial charge in [-0.3, -0.25) is 0 Å². The van der Waals surface area contributed by atoms with Gasteiger partial charge in [-0.25, -0.2) is 40.7 Å². The highest BCUT2D eigenvalue weighted by Crippen LogP contribution is 2.33. The fourth-order valence-electron chi connectivity index (χ4n) is 2.30. The van der Waals surface area contributed by atoms with E-state index in [0.717, 1.165) is 7.11 Å². The largest absolute Gasteiger partial charge is 0.465 e. The lowest BCUT2D eigenvalue weighted by Gasteiger charge is -2.18. The highest BCUT2D eigenvalue weighted by atomic mass is 32.2. The van der Waals surface area contributed by atoms with E-state index in [2.05, 4.69) is 4.74 Å². The van der Waals surface area contributed by atoms with Gasteiger partial charge in [-0.2, -0.15) is 0 Å². The van der Waals surface area contributed by atoms with Crippen molar-refractivity contribution in [3.63, 3.8) is 0 Å². The Morgan fingerprint density at radius 2 is 1.38 bits per heavy atom. The maximum absolute atomic E-state index is 14.5. The number of sulfonamides is 2. The molecule has 8 nitrogen and oxygen atoms in total. The number of esters is 1. The van der Waals surface area contributed by atoms with E-state index in [1.807, 2.05) is 0 Å². The van der Waals surface area contributed by atoms with Gasteiger partial charge in [-0.1, -0.05) is 18.2 Å². The van der Waals surface area contributed by atoms with Crippen LogP contribution in [0, 0.1) is 0 Å². The maximum atomic E-state index is 14.5. The Labute approximate surface area is 150 Å². The molecule has 0 saturated carbocycles. The minimum atomic E-state index is -3.93. The van der Waals surface area contributed by atoms with Crippen molar-refractivity contribution in [1.29, 1.82) is 0 Å². The zero-order chi connectivity index (χ0) is 20.1. The zero-order valence-electron chi connectivity index (χ0n) is 13.9. The Hall–Kier alpha value is -1.63. The molecule has 12 heteroatoms. The van der Waals surface area contributed by atoms with E-state index in [4.69, 9.17) is 10.3 Å². The molecule has 0 aromatic heterocycles. The van der Waals surface area contributed by atoms with Gasteiger partial charge in [0.15, 0.2) is 0 Å². The van der Waals surface area contributed by atoms with E-state index in [-0.39, 0.29) is 11.1 Å². The molecular formula is C14H20F2N2O6S2. The standard InChI is InChI=1S/C14H20F2N2O6S2/c1-24-14(19)13-9(11(15)5-7-25(17,20)21)3-2-4-10(13)12(16)6-8-26(18,22)23/h2-4,11-12H,5-8H2,1H3,(H2,17,20,21)(H2,18,22,23). The molecule has 0 heterocycles. The van der Waals surface area contributed by atoms with Crippen LogP contribution in [0.4, 0.5) is 8.78 Å². The van der Waals surface area contributed by atoms with Crippen molar-refractivity contribution >= 4 is 26.0 Å². The topological polar surface area (TPSA) is 147 Å². The number of halogens is 2. The van der Waals surface area contributed by atoms with E-state index in [0.29, 0.717) is 0 Å². The summed E-state index contributed by atoms with van der Waals surface area (Å²) in [5.41, 5.74) is -0.952. The average molecular weight is 414 g/mol. The normalized spacial score (nSPS) is 14.7. The molecule has 0 saturated heterocycles. The fourth-order valence-corrected chi connectivity index (χ4v) is 3.37. The van der Waals surface area contributed by atoms with Crippen molar-refractivity contribution in [2.45, 2.75) is 25.2 Å². The van der Waals surface area contributed by atoms with Gasteiger partial charge in [0.1, 0.15) is 12.3 Å². The van der Waals surface area contributed by atoms with Crippen LogP contribution in [0.3, 0.4) is 0 Å². The smallest absolute Gasteiger partial charge is 0.338 e. The summed E-state index contributed by atoms with van der Waals surface area (Å²) in [5.74, 6) is -2.39. The van der Waals surface area contributed by atoms with Gasteiger partial charge in [-0.15, -0.1) is 0 Å². The molecule has 0 spiro atoms. The molecule has 0 amide bonds. The lowest BCUT2D eigenvalue weighted by atomic mass is 9.93. The van der Waals surface area contributed by atoms with E-state index in [1.54, 1.807) is 0 Å². The molecule has 0 aliphatic heterocycles. The van der Waals surface area contributed by atoms with Crippen LogP contribution >= 0.6 is 0 Å². The van der Waals surface area contributed by atoms with Crippen molar-refractivity contribution < 1.29 is 35.1 Å². The van der Waals surface area contributed by atoms with Crippen LogP contribution in [0.15, 0.2) is 18.2 Å². The Bertz CT molecular complexity index is 798. The molecular weight excluding hydrogens is 394 g/mol. The van der Waals surface area contributed by atoms with Crippen LogP contribution < -0.4 is 10.3 Å². The molecule has 2 atom stereocenters. The quantitative estimate of drug-likeness (QED) is 0.573. The lowest BCUT2D eigenvalue weighted by Crippen LogP contribution is -2.20. The molecule has 0 bridgehead atoms. The summed E-state index contributed by atoms with van der Waals surface area (Å²) in [6.07, 6.45) is -4.93. The number of primary sulfonamides is 2. The minimum absolute atomic E-state index is 0.267. The van der Waals surface area contributed by atoms with E-state index in [1.165, 1.54) is 18.2 Å². The number of ether oxygens (including phenoxy) is 1. The van der Waals surface area contributed by atoms with Gasteiger partial charge in [0.05, 0.1) is 24.2 Å². The third-order valence-corrected chi connectivity index (χ3v) is 5.11.